The molecule has 6 heteroatoms. The SMILES string of the molecule is Cc1cc(N=Nc2cc(C)c(NC(=O)CCC(=O)O)c(C)c2)cc(C)c1C. The number of nitrogens with zero attached hydrogens (tertiary/aromatic N) is 2. The number of rotatable bonds is 6. The van der Waals surface area contributed by atoms with Crippen LogP contribution in [0.4, 0.5) is 17.1 Å². The van der Waals surface area contributed by atoms with Gasteiger partial charge in [-0.2, -0.15) is 10.2 Å². The summed E-state index contributed by atoms with van der Waals surface area (Å²) in [6.07, 6.45) is -0.243. The van der Waals surface area contributed by atoms with Crippen molar-refractivity contribution >= 4 is 28.9 Å². The Labute approximate surface area is 159 Å². The summed E-state index contributed by atoms with van der Waals surface area (Å²) in [4.78, 5) is 22.5. The molecule has 2 aromatic rings. The number of carbonyl (C=O) groups excluding carboxylic acids is 1. The van der Waals surface area contributed by atoms with Crippen LogP contribution in [0.1, 0.15) is 40.7 Å². The zero-order chi connectivity index (χ0) is 20.1. The van der Waals surface area contributed by atoms with Crippen molar-refractivity contribution in [2.45, 2.75) is 47.5 Å². The van der Waals surface area contributed by atoms with Crippen molar-refractivity contribution < 1.29 is 14.7 Å². The van der Waals surface area contributed by atoms with Gasteiger partial charge in [0.15, 0.2) is 0 Å². The number of nitrogens with one attached hydrogen (secondary N) is 1. The van der Waals surface area contributed by atoms with Gasteiger partial charge in [-0.25, -0.2) is 0 Å². The van der Waals surface area contributed by atoms with E-state index < -0.39 is 5.97 Å². The Morgan fingerprint density at radius 1 is 0.815 bits per heavy atom. The molecule has 2 rings (SSSR count). The Morgan fingerprint density at radius 3 is 1.70 bits per heavy atom. The molecule has 0 aromatic heterocycles. The Kier molecular flexibility index (Phi) is 6.45. The number of carboxylic acids is 1. The van der Waals surface area contributed by atoms with Crippen LogP contribution >= 0.6 is 0 Å². The van der Waals surface area contributed by atoms with Crippen LogP contribution in [0.15, 0.2) is 34.5 Å². The quantitative estimate of drug-likeness (QED) is 0.665. The van der Waals surface area contributed by atoms with Crippen molar-refractivity contribution in [3.05, 3.63) is 52.1 Å². The summed E-state index contributed by atoms with van der Waals surface area (Å²) < 4.78 is 0. The Bertz CT molecular complexity index is 871. The molecular formula is C21H25N3O3. The summed E-state index contributed by atoms with van der Waals surface area (Å²) in [5.74, 6) is -1.31. The Balaban J connectivity index is 2.18. The monoisotopic (exact) mass is 367 g/mol. The first-order chi connectivity index (χ1) is 12.7. The fraction of sp³-hybridized carbons (Fsp3) is 0.333. The molecule has 142 valence electrons. The van der Waals surface area contributed by atoms with Crippen molar-refractivity contribution in [2.24, 2.45) is 10.2 Å². The average Bonchev–Trinajstić information content (AvgIpc) is 2.59. The van der Waals surface area contributed by atoms with E-state index in [0.29, 0.717) is 11.4 Å². The molecule has 2 N–H and O–H groups in total. The van der Waals surface area contributed by atoms with E-state index >= 15 is 0 Å². The van der Waals surface area contributed by atoms with E-state index in [-0.39, 0.29) is 18.7 Å². The van der Waals surface area contributed by atoms with Gasteiger partial charge >= 0.3 is 5.97 Å². The fourth-order valence-electron chi connectivity index (χ4n) is 2.80. The number of anilines is 1. The van der Waals surface area contributed by atoms with Crippen LogP contribution in [0.3, 0.4) is 0 Å². The molecule has 0 aliphatic rings. The molecule has 0 radical (unpaired) electrons. The smallest absolute Gasteiger partial charge is 0.303 e. The van der Waals surface area contributed by atoms with Crippen LogP contribution in [-0.4, -0.2) is 17.0 Å². The van der Waals surface area contributed by atoms with Gasteiger partial charge in [0.25, 0.3) is 0 Å². The summed E-state index contributed by atoms with van der Waals surface area (Å²) >= 11 is 0. The van der Waals surface area contributed by atoms with Crippen molar-refractivity contribution in [1.29, 1.82) is 0 Å². The summed E-state index contributed by atoms with van der Waals surface area (Å²) in [6.45, 7) is 9.94. The standard InChI is InChI=1S/C21H25N3O3/c1-12-8-17(9-13(2)16(12)5)23-24-18-10-14(3)21(15(4)11-18)22-19(25)6-7-20(26)27/h8-11H,6-7H2,1-5H3,(H,22,25)(H,26,27). The Morgan fingerprint density at radius 2 is 1.26 bits per heavy atom. The second-order valence-electron chi connectivity index (χ2n) is 6.80. The first kappa shape index (κ1) is 20.3. The zero-order valence-electron chi connectivity index (χ0n) is 16.4. The van der Waals surface area contributed by atoms with Crippen molar-refractivity contribution in [1.82, 2.24) is 0 Å². The molecule has 1 amide bonds. The van der Waals surface area contributed by atoms with Crippen LogP contribution in [0.25, 0.3) is 0 Å². The van der Waals surface area contributed by atoms with E-state index in [4.69, 9.17) is 5.11 Å². The third kappa shape index (κ3) is 5.48. The van der Waals surface area contributed by atoms with Crippen molar-refractivity contribution in [3.8, 4) is 0 Å². The third-order valence-electron chi connectivity index (χ3n) is 4.54. The van der Waals surface area contributed by atoms with Gasteiger partial charge in [-0.3, -0.25) is 9.59 Å². The number of hydrogen-bond acceptors (Lipinski definition) is 4. The van der Waals surface area contributed by atoms with Gasteiger partial charge in [-0.05, 0) is 86.7 Å². The van der Waals surface area contributed by atoms with E-state index in [2.05, 4.69) is 36.3 Å². The number of benzene rings is 2. The lowest BCUT2D eigenvalue weighted by Gasteiger charge is -2.12. The molecule has 27 heavy (non-hydrogen) atoms. The molecule has 2 aromatic carbocycles. The first-order valence-electron chi connectivity index (χ1n) is 8.80. The van der Waals surface area contributed by atoms with E-state index in [1.165, 1.54) is 16.7 Å². The van der Waals surface area contributed by atoms with Gasteiger partial charge in [0.2, 0.25) is 5.91 Å². The van der Waals surface area contributed by atoms with Gasteiger partial charge in [0.1, 0.15) is 0 Å². The van der Waals surface area contributed by atoms with E-state index in [0.717, 1.165) is 16.8 Å². The van der Waals surface area contributed by atoms with Crippen LogP contribution in [-0.2, 0) is 9.59 Å². The highest BCUT2D eigenvalue weighted by molar-refractivity contribution is 5.94. The van der Waals surface area contributed by atoms with Gasteiger partial charge in [-0.15, -0.1) is 0 Å². The summed E-state index contributed by atoms with van der Waals surface area (Å²) in [6, 6.07) is 7.69. The average molecular weight is 367 g/mol. The lowest BCUT2D eigenvalue weighted by atomic mass is 10.0. The van der Waals surface area contributed by atoms with Crippen LogP contribution < -0.4 is 5.32 Å². The summed E-state index contributed by atoms with van der Waals surface area (Å²) in [5.41, 5.74) is 7.50. The zero-order valence-corrected chi connectivity index (χ0v) is 16.4. The van der Waals surface area contributed by atoms with Crippen LogP contribution in [0.2, 0.25) is 0 Å². The number of aliphatic carboxylic acids is 1. The third-order valence-corrected chi connectivity index (χ3v) is 4.54. The maximum atomic E-state index is 11.9. The normalized spacial score (nSPS) is 11.0. The van der Waals surface area contributed by atoms with E-state index in [1.807, 2.05) is 38.1 Å². The maximum absolute atomic E-state index is 11.9. The highest BCUT2D eigenvalue weighted by atomic mass is 16.4. The summed E-state index contributed by atoms with van der Waals surface area (Å²) in [7, 11) is 0. The molecule has 0 saturated carbocycles. The molecule has 0 spiro atoms. The molecule has 6 nitrogen and oxygen atoms in total. The molecule has 0 aliphatic heterocycles. The minimum Gasteiger partial charge on any atom is -0.481 e. The molecule has 0 atom stereocenters. The highest BCUT2D eigenvalue weighted by Crippen LogP contribution is 2.29. The van der Waals surface area contributed by atoms with Crippen molar-refractivity contribution in [2.75, 3.05) is 5.32 Å². The second kappa shape index (κ2) is 8.58. The second-order valence-corrected chi connectivity index (χ2v) is 6.80. The molecule has 0 aliphatic carbocycles. The molecule has 0 bridgehead atoms. The van der Waals surface area contributed by atoms with Crippen LogP contribution in [0, 0.1) is 34.6 Å². The van der Waals surface area contributed by atoms with E-state index in [1.54, 1.807) is 0 Å². The van der Waals surface area contributed by atoms with Crippen molar-refractivity contribution in [3.63, 3.8) is 0 Å². The number of amides is 1. The molecule has 0 unspecified atom stereocenters. The number of carbonyl (C=O) groups is 2. The first-order valence-corrected chi connectivity index (χ1v) is 8.80. The molecule has 0 heterocycles. The van der Waals surface area contributed by atoms with Gasteiger partial charge in [-0.1, -0.05) is 0 Å². The topological polar surface area (TPSA) is 91.1 Å². The summed E-state index contributed by atoms with van der Waals surface area (Å²) in [5, 5.41) is 20.1. The fourth-order valence-corrected chi connectivity index (χ4v) is 2.80. The number of carboxylic acid groups (broad SMARTS) is 1. The maximum Gasteiger partial charge on any atom is 0.303 e. The minimum atomic E-state index is -0.990. The van der Waals surface area contributed by atoms with Gasteiger partial charge in [0.05, 0.1) is 17.8 Å². The number of aryl methyl sites for hydroxylation is 4. The number of hydrogen-bond donors (Lipinski definition) is 2. The minimum absolute atomic E-state index is 0.0538. The van der Waals surface area contributed by atoms with Gasteiger partial charge < -0.3 is 10.4 Å². The molecule has 0 saturated heterocycles. The Hall–Kier alpha value is -3.02. The lowest BCUT2D eigenvalue weighted by molar-refractivity contribution is -0.138. The van der Waals surface area contributed by atoms with E-state index in [9.17, 15) is 9.59 Å². The van der Waals surface area contributed by atoms with Crippen LogP contribution in [0.5, 0.6) is 0 Å². The predicted molar refractivity (Wildman–Crippen MR) is 106 cm³/mol. The largest absolute Gasteiger partial charge is 0.481 e. The predicted octanol–water partition coefficient (Wildman–Crippen LogP) is 5.45. The van der Waals surface area contributed by atoms with Gasteiger partial charge in [0, 0.05) is 12.1 Å². The molecular weight excluding hydrogens is 342 g/mol. The lowest BCUT2D eigenvalue weighted by Crippen LogP contribution is -2.14. The highest BCUT2D eigenvalue weighted by Gasteiger charge is 2.11. The molecule has 0 fully saturated rings. The number of azo groups is 1.